The van der Waals surface area contributed by atoms with Crippen molar-refractivity contribution in [3.05, 3.63) is 44.6 Å². The number of amides is 1. The van der Waals surface area contributed by atoms with E-state index in [9.17, 15) is 4.79 Å². The summed E-state index contributed by atoms with van der Waals surface area (Å²) in [7, 11) is 0. The van der Waals surface area contributed by atoms with E-state index in [4.69, 9.17) is 23.2 Å². The van der Waals surface area contributed by atoms with Gasteiger partial charge in [-0.25, -0.2) is 0 Å². The van der Waals surface area contributed by atoms with Gasteiger partial charge < -0.3 is 5.32 Å². The van der Waals surface area contributed by atoms with Gasteiger partial charge >= 0.3 is 0 Å². The summed E-state index contributed by atoms with van der Waals surface area (Å²) in [6.45, 7) is 3.61. The van der Waals surface area contributed by atoms with Crippen LogP contribution in [0.2, 0.25) is 10.0 Å². The van der Waals surface area contributed by atoms with Crippen molar-refractivity contribution in [1.29, 1.82) is 0 Å². The first-order valence-electron chi connectivity index (χ1n) is 5.86. The molecule has 7 heteroatoms. The number of nitrogens with zero attached hydrogens (tertiary/aromatic N) is 2. The van der Waals surface area contributed by atoms with E-state index < -0.39 is 6.04 Å². The molecule has 0 saturated heterocycles. The Labute approximate surface area is 135 Å². The maximum atomic E-state index is 12.2. The number of anilines is 1. The molecule has 1 aromatic carbocycles. The zero-order valence-electron chi connectivity index (χ0n) is 10.8. The Kier molecular flexibility index (Phi) is 4.73. The Balaban J connectivity index is 2.20. The van der Waals surface area contributed by atoms with E-state index in [-0.39, 0.29) is 5.91 Å². The molecule has 1 amide bonds. The maximum Gasteiger partial charge on any atom is 0.249 e. The van der Waals surface area contributed by atoms with E-state index in [0.717, 1.165) is 10.2 Å². The van der Waals surface area contributed by atoms with Crippen molar-refractivity contribution in [1.82, 2.24) is 9.78 Å². The van der Waals surface area contributed by atoms with Gasteiger partial charge in [-0.2, -0.15) is 5.10 Å². The van der Waals surface area contributed by atoms with Crippen molar-refractivity contribution < 1.29 is 4.79 Å². The predicted molar refractivity (Wildman–Crippen MR) is 84.5 cm³/mol. The van der Waals surface area contributed by atoms with Gasteiger partial charge in [-0.1, -0.05) is 29.3 Å². The third-order valence-corrected chi connectivity index (χ3v) is 4.25. The van der Waals surface area contributed by atoms with Crippen LogP contribution < -0.4 is 5.32 Å². The SMILES string of the molecule is Cc1nn(C(C)C(=O)Nc2c(Cl)cccc2Cl)cc1Br. The monoisotopic (exact) mass is 375 g/mol. The highest BCUT2D eigenvalue weighted by atomic mass is 79.9. The van der Waals surface area contributed by atoms with Crippen LogP contribution >= 0.6 is 39.1 Å². The molecule has 2 rings (SSSR count). The van der Waals surface area contributed by atoms with E-state index in [2.05, 4.69) is 26.3 Å². The number of rotatable bonds is 3. The number of carbonyl (C=O) groups is 1. The summed E-state index contributed by atoms with van der Waals surface area (Å²) in [4.78, 5) is 12.2. The molecule has 1 aromatic heterocycles. The molecule has 1 atom stereocenters. The largest absolute Gasteiger partial charge is 0.322 e. The number of para-hydroxylation sites is 1. The fourth-order valence-corrected chi connectivity index (χ4v) is 2.40. The minimum absolute atomic E-state index is 0.241. The van der Waals surface area contributed by atoms with E-state index in [1.165, 1.54) is 0 Å². The van der Waals surface area contributed by atoms with Gasteiger partial charge in [0.25, 0.3) is 0 Å². The second kappa shape index (κ2) is 6.16. The summed E-state index contributed by atoms with van der Waals surface area (Å²) in [5, 5.41) is 7.79. The molecule has 106 valence electrons. The summed E-state index contributed by atoms with van der Waals surface area (Å²) in [6, 6.07) is 4.58. The van der Waals surface area contributed by atoms with Crippen LogP contribution in [0.25, 0.3) is 0 Å². The normalized spacial score (nSPS) is 12.2. The Morgan fingerprint density at radius 1 is 1.40 bits per heavy atom. The summed E-state index contributed by atoms with van der Waals surface area (Å²) in [6.07, 6.45) is 1.76. The van der Waals surface area contributed by atoms with Crippen LogP contribution in [0.4, 0.5) is 5.69 Å². The number of aryl methyl sites for hydroxylation is 1. The van der Waals surface area contributed by atoms with Gasteiger partial charge in [0.1, 0.15) is 6.04 Å². The molecule has 4 nitrogen and oxygen atoms in total. The minimum atomic E-state index is -0.479. The van der Waals surface area contributed by atoms with Crippen LogP contribution in [-0.2, 0) is 4.79 Å². The van der Waals surface area contributed by atoms with Crippen molar-refractivity contribution in [2.75, 3.05) is 5.32 Å². The third kappa shape index (κ3) is 3.16. The van der Waals surface area contributed by atoms with E-state index in [1.807, 2.05) is 6.92 Å². The number of aromatic nitrogens is 2. The molecule has 2 aromatic rings. The molecule has 0 aliphatic rings. The molecular formula is C13H12BrCl2N3O. The molecule has 1 heterocycles. The smallest absolute Gasteiger partial charge is 0.249 e. The second-order valence-corrected chi connectivity index (χ2v) is 5.97. The standard InChI is InChI=1S/C13H12BrCl2N3O/c1-7-9(14)6-19(18-7)8(2)13(20)17-12-10(15)4-3-5-11(12)16/h3-6,8H,1-2H3,(H,17,20). The lowest BCUT2D eigenvalue weighted by Crippen LogP contribution is -2.24. The fraction of sp³-hybridized carbons (Fsp3) is 0.231. The first-order chi connectivity index (χ1) is 9.40. The van der Waals surface area contributed by atoms with Crippen molar-refractivity contribution in [3.8, 4) is 0 Å². The highest BCUT2D eigenvalue weighted by Gasteiger charge is 2.19. The van der Waals surface area contributed by atoms with Crippen LogP contribution in [0.1, 0.15) is 18.7 Å². The number of nitrogens with one attached hydrogen (secondary N) is 1. The van der Waals surface area contributed by atoms with E-state index in [1.54, 1.807) is 36.0 Å². The minimum Gasteiger partial charge on any atom is -0.322 e. The van der Waals surface area contributed by atoms with Crippen molar-refractivity contribution >= 4 is 50.7 Å². The van der Waals surface area contributed by atoms with Gasteiger partial charge in [-0.3, -0.25) is 9.48 Å². The molecule has 0 radical (unpaired) electrons. The van der Waals surface area contributed by atoms with Gasteiger partial charge in [0.15, 0.2) is 0 Å². The number of hydrogen-bond acceptors (Lipinski definition) is 2. The molecule has 0 saturated carbocycles. The summed E-state index contributed by atoms with van der Waals surface area (Å²) < 4.78 is 2.44. The van der Waals surface area contributed by atoms with Crippen LogP contribution in [0.15, 0.2) is 28.9 Å². The number of benzene rings is 1. The fourth-order valence-electron chi connectivity index (χ4n) is 1.62. The molecule has 20 heavy (non-hydrogen) atoms. The lowest BCUT2D eigenvalue weighted by atomic mass is 10.2. The van der Waals surface area contributed by atoms with Crippen molar-refractivity contribution in [2.45, 2.75) is 19.9 Å². The summed E-state index contributed by atoms with van der Waals surface area (Å²) in [5.74, 6) is -0.241. The zero-order valence-corrected chi connectivity index (χ0v) is 13.9. The van der Waals surface area contributed by atoms with Gasteiger partial charge in [0.2, 0.25) is 5.91 Å². The Morgan fingerprint density at radius 2 is 2.00 bits per heavy atom. The molecule has 0 fully saturated rings. The Bertz CT molecular complexity index is 617. The second-order valence-electron chi connectivity index (χ2n) is 4.30. The third-order valence-electron chi connectivity index (χ3n) is 2.84. The van der Waals surface area contributed by atoms with Gasteiger partial charge in [0, 0.05) is 6.20 Å². The van der Waals surface area contributed by atoms with E-state index >= 15 is 0 Å². The average molecular weight is 377 g/mol. The van der Waals surface area contributed by atoms with Crippen LogP contribution in [-0.4, -0.2) is 15.7 Å². The summed E-state index contributed by atoms with van der Waals surface area (Å²) in [5.41, 5.74) is 1.23. The highest BCUT2D eigenvalue weighted by molar-refractivity contribution is 9.10. The molecule has 1 N–H and O–H groups in total. The van der Waals surface area contributed by atoms with Gasteiger partial charge in [0.05, 0.1) is 25.9 Å². The Morgan fingerprint density at radius 3 is 2.50 bits per heavy atom. The first-order valence-corrected chi connectivity index (χ1v) is 7.41. The lowest BCUT2D eigenvalue weighted by Gasteiger charge is -2.14. The molecule has 0 bridgehead atoms. The van der Waals surface area contributed by atoms with Crippen LogP contribution in [0, 0.1) is 6.92 Å². The molecule has 0 aliphatic carbocycles. The van der Waals surface area contributed by atoms with Crippen LogP contribution in [0.5, 0.6) is 0 Å². The van der Waals surface area contributed by atoms with Crippen molar-refractivity contribution in [2.24, 2.45) is 0 Å². The molecule has 0 aliphatic heterocycles. The number of hydrogen-bond donors (Lipinski definition) is 1. The van der Waals surface area contributed by atoms with E-state index in [0.29, 0.717) is 15.7 Å². The topological polar surface area (TPSA) is 46.9 Å². The quantitative estimate of drug-likeness (QED) is 0.859. The molecule has 1 unspecified atom stereocenters. The molecular weight excluding hydrogens is 365 g/mol. The zero-order chi connectivity index (χ0) is 14.9. The molecule has 0 spiro atoms. The number of halogens is 3. The van der Waals surface area contributed by atoms with Gasteiger partial charge in [-0.05, 0) is 41.9 Å². The van der Waals surface area contributed by atoms with Gasteiger partial charge in [-0.15, -0.1) is 0 Å². The summed E-state index contributed by atoms with van der Waals surface area (Å²) >= 11 is 15.4. The maximum absolute atomic E-state index is 12.2. The van der Waals surface area contributed by atoms with Crippen molar-refractivity contribution in [3.63, 3.8) is 0 Å². The first kappa shape index (κ1) is 15.4. The Hall–Kier alpha value is -1.04. The highest BCUT2D eigenvalue weighted by Crippen LogP contribution is 2.30. The predicted octanol–water partition coefficient (Wildman–Crippen LogP) is 4.46. The van der Waals surface area contributed by atoms with Crippen LogP contribution in [0.3, 0.4) is 0 Å². The average Bonchev–Trinajstić information content (AvgIpc) is 2.73. The lowest BCUT2D eigenvalue weighted by molar-refractivity contribution is -0.119. The number of carbonyl (C=O) groups excluding carboxylic acids is 1.